The average Bonchev–Trinajstić information content (AvgIpc) is 2.99. The van der Waals surface area contributed by atoms with E-state index < -0.39 is 5.97 Å². The maximum Gasteiger partial charge on any atom is 0.328 e. The van der Waals surface area contributed by atoms with Gasteiger partial charge in [0.1, 0.15) is 0 Å². The lowest BCUT2D eigenvalue weighted by molar-refractivity contribution is -0.131. The second-order valence-corrected chi connectivity index (χ2v) is 5.34. The van der Waals surface area contributed by atoms with Gasteiger partial charge in [-0.05, 0) is 45.2 Å². The number of nitrogens with one attached hydrogen (secondary N) is 1. The summed E-state index contributed by atoms with van der Waals surface area (Å²) in [7, 11) is 0. The lowest BCUT2D eigenvalue weighted by Crippen LogP contribution is -2.28. The average molecular weight is 238 g/mol. The Morgan fingerprint density at radius 1 is 1.47 bits per heavy atom. The molecule has 4 nitrogen and oxygen atoms in total. The first-order valence-corrected chi connectivity index (χ1v) is 6.50. The number of carbonyl (C=O) groups is 1. The number of likely N-dealkylation sites (tertiary alicyclic amines) is 1. The number of carboxylic acids is 1. The van der Waals surface area contributed by atoms with E-state index in [1.54, 1.807) is 0 Å². The Balaban J connectivity index is 1.61. The first-order valence-electron chi connectivity index (χ1n) is 6.50. The summed E-state index contributed by atoms with van der Waals surface area (Å²) < 4.78 is 0. The van der Waals surface area contributed by atoms with E-state index in [1.807, 2.05) is 6.92 Å². The molecule has 0 spiro atoms. The third-order valence-corrected chi connectivity index (χ3v) is 3.59. The SMILES string of the molecule is CC(=CC(=O)O)CNCC1CCN(C2CC2)C1. The molecule has 0 aromatic carbocycles. The highest BCUT2D eigenvalue weighted by Gasteiger charge is 2.33. The van der Waals surface area contributed by atoms with Crippen LogP contribution in [0.25, 0.3) is 0 Å². The van der Waals surface area contributed by atoms with Crippen LogP contribution < -0.4 is 5.32 Å². The number of hydrogen-bond donors (Lipinski definition) is 2. The summed E-state index contributed by atoms with van der Waals surface area (Å²) in [5.74, 6) is -0.113. The molecule has 1 atom stereocenters. The molecule has 0 aromatic rings. The van der Waals surface area contributed by atoms with Crippen molar-refractivity contribution in [2.45, 2.75) is 32.2 Å². The van der Waals surface area contributed by atoms with Gasteiger partial charge in [-0.25, -0.2) is 4.79 Å². The zero-order chi connectivity index (χ0) is 12.3. The van der Waals surface area contributed by atoms with Crippen LogP contribution in [-0.2, 0) is 4.79 Å². The van der Waals surface area contributed by atoms with Crippen molar-refractivity contribution in [1.82, 2.24) is 10.2 Å². The third-order valence-electron chi connectivity index (χ3n) is 3.59. The normalized spacial score (nSPS) is 26.4. The van der Waals surface area contributed by atoms with Gasteiger partial charge in [0.05, 0.1) is 0 Å². The topological polar surface area (TPSA) is 52.6 Å². The highest BCUT2D eigenvalue weighted by molar-refractivity contribution is 5.80. The molecule has 0 radical (unpaired) electrons. The number of hydrogen-bond acceptors (Lipinski definition) is 3. The molecule has 1 aliphatic heterocycles. The number of aliphatic carboxylic acids is 1. The maximum atomic E-state index is 10.4. The summed E-state index contributed by atoms with van der Waals surface area (Å²) in [5, 5.41) is 11.9. The molecule has 0 aromatic heterocycles. The van der Waals surface area contributed by atoms with Gasteiger partial charge in [0.15, 0.2) is 0 Å². The van der Waals surface area contributed by atoms with Crippen LogP contribution in [0.2, 0.25) is 0 Å². The van der Waals surface area contributed by atoms with Crippen LogP contribution in [0.3, 0.4) is 0 Å². The van der Waals surface area contributed by atoms with Gasteiger partial charge in [-0.3, -0.25) is 0 Å². The van der Waals surface area contributed by atoms with E-state index in [4.69, 9.17) is 5.11 Å². The van der Waals surface area contributed by atoms with Gasteiger partial charge < -0.3 is 15.3 Å². The minimum atomic E-state index is -0.856. The van der Waals surface area contributed by atoms with Crippen molar-refractivity contribution in [3.8, 4) is 0 Å². The van der Waals surface area contributed by atoms with E-state index in [0.29, 0.717) is 6.54 Å². The summed E-state index contributed by atoms with van der Waals surface area (Å²) in [6.07, 6.45) is 5.34. The summed E-state index contributed by atoms with van der Waals surface area (Å²) in [4.78, 5) is 13.0. The van der Waals surface area contributed by atoms with Gasteiger partial charge in [-0.15, -0.1) is 0 Å². The number of rotatable bonds is 6. The molecular formula is C13H22N2O2. The largest absolute Gasteiger partial charge is 0.478 e. The predicted octanol–water partition coefficient (Wildman–Crippen LogP) is 1.09. The molecule has 0 bridgehead atoms. The number of carboxylic acid groups (broad SMARTS) is 1. The molecule has 2 rings (SSSR count). The molecular weight excluding hydrogens is 216 g/mol. The fourth-order valence-electron chi connectivity index (χ4n) is 2.54. The lowest BCUT2D eigenvalue weighted by Gasteiger charge is -2.15. The molecule has 96 valence electrons. The van der Waals surface area contributed by atoms with Gasteiger partial charge in [-0.1, -0.05) is 5.57 Å². The van der Waals surface area contributed by atoms with E-state index >= 15 is 0 Å². The predicted molar refractivity (Wildman–Crippen MR) is 67.0 cm³/mol. The fraction of sp³-hybridized carbons (Fsp3) is 0.769. The zero-order valence-corrected chi connectivity index (χ0v) is 10.5. The molecule has 0 amide bonds. The van der Waals surface area contributed by atoms with E-state index in [2.05, 4.69) is 10.2 Å². The van der Waals surface area contributed by atoms with Crippen molar-refractivity contribution in [3.05, 3.63) is 11.6 Å². The van der Waals surface area contributed by atoms with Gasteiger partial charge >= 0.3 is 5.97 Å². The molecule has 2 aliphatic rings. The fourth-order valence-corrected chi connectivity index (χ4v) is 2.54. The van der Waals surface area contributed by atoms with Crippen molar-refractivity contribution < 1.29 is 9.90 Å². The smallest absolute Gasteiger partial charge is 0.328 e. The lowest BCUT2D eigenvalue weighted by atomic mass is 10.1. The van der Waals surface area contributed by atoms with E-state index in [-0.39, 0.29) is 0 Å². The van der Waals surface area contributed by atoms with Crippen LogP contribution in [0.15, 0.2) is 11.6 Å². The van der Waals surface area contributed by atoms with Crippen LogP contribution in [0, 0.1) is 5.92 Å². The Kier molecular flexibility index (Phi) is 4.18. The molecule has 1 heterocycles. The minimum Gasteiger partial charge on any atom is -0.478 e. The van der Waals surface area contributed by atoms with Crippen LogP contribution >= 0.6 is 0 Å². The van der Waals surface area contributed by atoms with Crippen LogP contribution in [0.1, 0.15) is 26.2 Å². The van der Waals surface area contributed by atoms with E-state index in [1.165, 1.54) is 38.4 Å². The van der Waals surface area contributed by atoms with Crippen molar-refractivity contribution in [3.63, 3.8) is 0 Å². The first kappa shape index (κ1) is 12.6. The molecule has 1 aliphatic carbocycles. The van der Waals surface area contributed by atoms with Crippen molar-refractivity contribution in [2.75, 3.05) is 26.2 Å². The summed E-state index contributed by atoms with van der Waals surface area (Å²) in [6.45, 7) is 6.02. The molecule has 1 saturated heterocycles. The highest BCUT2D eigenvalue weighted by Crippen LogP contribution is 2.31. The van der Waals surface area contributed by atoms with Gasteiger partial charge in [0.25, 0.3) is 0 Å². The Morgan fingerprint density at radius 3 is 2.88 bits per heavy atom. The van der Waals surface area contributed by atoms with Crippen molar-refractivity contribution >= 4 is 5.97 Å². The molecule has 1 unspecified atom stereocenters. The van der Waals surface area contributed by atoms with Crippen molar-refractivity contribution in [2.24, 2.45) is 5.92 Å². The van der Waals surface area contributed by atoms with E-state index in [0.717, 1.165) is 24.1 Å². The third kappa shape index (κ3) is 4.13. The van der Waals surface area contributed by atoms with Crippen LogP contribution in [0.4, 0.5) is 0 Å². The molecule has 4 heteroatoms. The summed E-state index contributed by atoms with van der Waals surface area (Å²) in [6, 6.07) is 0.883. The summed E-state index contributed by atoms with van der Waals surface area (Å²) in [5.41, 5.74) is 0.884. The zero-order valence-electron chi connectivity index (χ0n) is 10.5. The molecule has 2 N–H and O–H groups in total. The van der Waals surface area contributed by atoms with Crippen LogP contribution in [-0.4, -0.2) is 48.2 Å². The second kappa shape index (κ2) is 5.65. The Labute approximate surface area is 103 Å². The second-order valence-electron chi connectivity index (χ2n) is 5.34. The van der Waals surface area contributed by atoms with Crippen molar-refractivity contribution in [1.29, 1.82) is 0 Å². The monoisotopic (exact) mass is 238 g/mol. The molecule has 1 saturated carbocycles. The maximum absolute atomic E-state index is 10.4. The van der Waals surface area contributed by atoms with Gasteiger partial charge in [0, 0.05) is 25.2 Å². The Morgan fingerprint density at radius 2 is 2.24 bits per heavy atom. The minimum absolute atomic E-state index is 0.687. The first-order chi connectivity index (χ1) is 8.15. The summed E-state index contributed by atoms with van der Waals surface area (Å²) >= 11 is 0. The Bertz CT molecular complexity index is 311. The quantitative estimate of drug-likeness (QED) is 0.680. The van der Waals surface area contributed by atoms with Gasteiger partial charge in [-0.2, -0.15) is 0 Å². The highest BCUT2D eigenvalue weighted by atomic mass is 16.4. The molecule has 2 fully saturated rings. The number of nitrogens with zero attached hydrogens (tertiary/aromatic N) is 1. The standard InChI is InChI=1S/C13H22N2O2/c1-10(6-13(16)17)7-14-8-11-4-5-15(9-11)12-2-3-12/h6,11-12,14H,2-5,7-9H2,1H3,(H,16,17). The Hall–Kier alpha value is -0.870. The molecule has 17 heavy (non-hydrogen) atoms. The van der Waals surface area contributed by atoms with Crippen LogP contribution in [0.5, 0.6) is 0 Å². The van der Waals surface area contributed by atoms with E-state index in [9.17, 15) is 4.79 Å². The van der Waals surface area contributed by atoms with Gasteiger partial charge in [0.2, 0.25) is 0 Å².